The lowest BCUT2D eigenvalue weighted by molar-refractivity contribution is -0.288. The van der Waals surface area contributed by atoms with Gasteiger partial charge in [-0.05, 0) is 12.1 Å². The maximum absolute atomic E-state index is 12.6. The van der Waals surface area contributed by atoms with E-state index in [1.807, 2.05) is 0 Å². The molecule has 0 aromatic carbocycles. The normalized spacial score (nSPS) is 26.1. The van der Waals surface area contributed by atoms with Crippen LogP contribution in [-0.4, -0.2) is 107 Å². The van der Waals surface area contributed by atoms with Gasteiger partial charge in [-0.15, -0.1) is 0 Å². The summed E-state index contributed by atoms with van der Waals surface area (Å²) >= 11 is 0. The van der Waals surface area contributed by atoms with Crippen LogP contribution in [0.5, 0.6) is 0 Å². The lowest BCUT2D eigenvalue weighted by Gasteiger charge is -2.49. The number of rotatable bonds is 33. The molecule has 0 aromatic rings. The van der Waals surface area contributed by atoms with E-state index in [0.717, 1.165) is 64.2 Å². The summed E-state index contributed by atoms with van der Waals surface area (Å²) in [5.74, 6) is -5.09. The zero-order valence-corrected chi connectivity index (χ0v) is 43.1. The molecule has 0 aromatic heterocycles. The van der Waals surface area contributed by atoms with E-state index >= 15 is 0 Å². The SMILES string of the molecule is CCCCCCCCCCCC[Si](CCCCCCCCCCC)(OC1OC(COC(C)=O)C(OC(C)=O)C(OC(C)=O)C1C)OC1OC(COC(C)=O)C(OC(C)=O)C(OC(C)=O)C1C. The molecule has 2 aliphatic heterocycles. The van der Waals surface area contributed by atoms with Gasteiger partial charge < -0.3 is 46.7 Å². The highest BCUT2D eigenvalue weighted by molar-refractivity contribution is 6.67. The second-order valence-corrected chi connectivity index (χ2v) is 21.7. The minimum atomic E-state index is -3.59. The smallest absolute Gasteiger partial charge is 0.342 e. The van der Waals surface area contributed by atoms with E-state index in [2.05, 4.69) is 13.8 Å². The molecule has 2 fully saturated rings. The van der Waals surface area contributed by atoms with Gasteiger partial charge in [0, 0.05) is 53.4 Å². The van der Waals surface area contributed by atoms with Gasteiger partial charge in [-0.3, -0.25) is 28.8 Å². The lowest BCUT2D eigenvalue weighted by atomic mass is 9.92. The minimum absolute atomic E-state index is 0.314. The van der Waals surface area contributed by atoms with Crippen molar-refractivity contribution < 1.29 is 75.5 Å². The Labute approximate surface area is 396 Å². The minimum Gasteiger partial charge on any atom is -0.463 e. The van der Waals surface area contributed by atoms with Crippen molar-refractivity contribution in [3.05, 3.63) is 0 Å². The maximum atomic E-state index is 12.6. The van der Waals surface area contributed by atoms with Crippen LogP contribution < -0.4 is 0 Å². The maximum Gasteiger partial charge on any atom is 0.342 e. The number of hydrogen-bond acceptors (Lipinski definition) is 16. The molecule has 10 unspecified atom stereocenters. The fraction of sp³-hybridized carbons (Fsp3) is 0.878. The van der Waals surface area contributed by atoms with Crippen LogP contribution in [0.25, 0.3) is 0 Å². The fourth-order valence-corrected chi connectivity index (χ4v) is 12.6. The first-order chi connectivity index (χ1) is 31.4. The first-order valence-electron chi connectivity index (χ1n) is 25.1. The van der Waals surface area contributed by atoms with E-state index in [4.69, 9.17) is 46.7 Å². The summed E-state index contributed by atoms with van der Waals surface area (Å²) in [6.07, 6.45) is 12.2. The third-order valence-corrected chi connectivity index (χ3v) is 15.8. The Bertz CT molecular complexity index is 1360. The molecule has 2 saturated heterocycles. The Kier molecular flexibility index (Phi) is 29.1. The van der Waals surface area contributed by atoms with Crippen molar-refractivity contribution in [2.45, 2.75) is 253 Å². The number of unbranched alkanes of at least 4 members (excludes halogenated alkanes) is 17. The van der Waals surface area contributed by atoms with Crippen molar-refractivity contribution in [1.29, 1.82) is 0 Å². The van der Waals surface area contributed by atoms with Crippen molar-refractivity contribution >= 4 is 44.4 Å². The topological polar surface area (TPSA) is 195 Å². The van der Waals surface area contributed by atoms with Gasteiger partial charge in [0.25, 0.3) is 0 Å². The summed E-state index contributed by atoms with van der Waals surface area (Å²) in [5, 5.41) is 0. The Balaban J connectivity index is 2.68. The van der Waals surface area contributed by atoms with Crippen LogP contribution in [0.3, 0.4) is 0 Å². The predicted octanol–water partition coefficient (Wildman–Crippen LogP) is 9.49. The molecule has 2 rings (SSSR count). The summed E-state index contributed by atoms with van der Waals surface area (Å²) in [5.41, 5.74) is 0. The van der Waals surface area contributed by atoms with E-state index in [9.17, 15) is 28.8 Å². The van der Waals surface area contributed by atoms with Gasteiger partial charge in [-0.2, -0.15) is 0 Å². The molecular formula is C49H86O16Si. The van der Waals surface area contributed by atoms with Gasteiger partial charge in [0.05, 0.1) is 0 Å². The summed E-state index contributed by atoms with van der Waals surface area (Å²) in [6, 6.07) is 1.03. The van der Waals surface area contributed by atoms with Crippen LogP contribution in [0.15, 0.2) is 0 Å². The largest absolute Gasteiger partial charge is 0.463 e. The Morgan fingerprint density at radius 2 is 0.667 bits per heavy atom. The molecule has 10 atom stereocenters. The molecule has 0 bridgehead atoms. The fourth-order valence-electron chi connectivity index (χ4n) is 8.82. The van der Waals surface area contributed by atoms with Crippen molar-refractivity contribution in [2.75, 3.05) is 13.2 Å². The summed E-state index contributed by atoms with van der Waals surface area (Å²) in [7, 11) is -3.59. The van der Waals surface area contributed by atoms with Crippen molar-refractivity contribution in [3.8, 4) is 0 Å². The number of carbonyl (C=O) groups excluding carboxylic acids is 6. The molecular weight excluding hydrogens is 873 g/mol. The van der Waals surface area contributed by atoms with Crippen LogP contribution in [0.1, 0.15) is 191 Å². The molecule has 0 saturated carbocycles. The van der Waals surface area contributed by atoms with Crippen LogP contribution in [0.4, 0.5) is 0 Å². The average molecular weight is 959 g/mol. The molecule has 16 nitrogen and oxygen atoms in total. The van der Waals surface area contributed by atoms with Gasteiger partial charge >= 0.3 is 44.4 Å². The van der Waals surface area contributed by atoms with Crippen LogP contribution in [0, 0.1) is 11.8 Å². The summed E-state index contributed by atoms with van der Waals surface area (Å²) in [4.78, 5) is 74.4. The molecule has 0 amide bonds. The van der Waals surface area contributed by atoms with Gasteiger partial charge in [0.2, 0.25) is 0 Å². The molecule has 0 radical (unpaired) electrons. The standard InChI is InChI=1S/C49H86O16Si/c1-11-13-15-17-19-21-23-25-27-29-31-66(30-28-26-24-22-20-18-16-14-12-2,64-48-34(3)44(58-38(7)52)46(60-40(9)54)42(62-48)32-56-36(5)50)65-49-35(4)45(59-39(8)53)47(61-41(10)55)43(63-49)33-57-37(6)51/h34-35,42-49H,11-33H2,1-10H3. The van der Waals surface area contributed by atoms with E-state index in [0.29, 0.717) is 12.1 Å². The van der Waals surface area contributed by atoms with Crippen LogP contribution >= 0.6 is 0 Å². The molecule has 2 heterocycles. The molecule has 0 N–H and O–H groups in total. The number of ether oxygens (including phenoxy) is 8. The highest BCUT2D eigenvalue weighted by Gasteiger charge is 2.55. The van der Waals surface area contributed by atoms with Crippen molar-refractivity contribution in [1.82, 2.24) is 0 Å². The van der Waals surface area contributed by atoms with Gasteiger partial charge in [-0.25, -0.2) is 0 Å². The summed E-state index contributed by atoms with van der Waals surface area (Å²) < 4.78 is 61.7. The first kappa shape index (κ1) is 59.0. The Morgan fingerprint density at radius 1 is 0.394 bits per heavy atom. The van der Waals surface area contributed by atoms with Gasteiger partial charge in [-0.1, -0.05) is 150 Å². The zero-order valence-electron chi connectivity index (χ0n) is 42.1. The Morgan fingerprint density at radius 3 is 0.939 bits per heavy atom. The molecule has 0 aliphatic carbocycles. The number of hydrogen-bond donors (Lipinski definition) is 0. The van der Waals surface area contributed by atoms with Crippen molar-refractivity contribution in [2.24, 2.45) is 11.8 Å². The van der Waals surface area contributed by atoms with Crippen molar-refractivity contribution in [3.63, 3.8) is 0 Å². The third kappa shape index (κ3) is 22.8. The second kappa shape index (κ2) is 32.6. The van der Waals surface area contributed by atoms with Gasteiger partial charge in [0.15, 0.2) is 24.8 Å². The monoisotopic (exact) mass is 959 g/mol. The van der Waals surface area contributed by atoms with Gasteiger partial charge in [0.1, 0.15) is 37.6 Å². The highest BCUT2D eigenvalue weighted by Crippen LogP contribution is 2.40. The number of carbonyl (C=O) groups is 6. The number of esters is 6. The lowest BCUT2D eigenvalue weighted by Crippen LogP contribution is -2.63. The predicted molar refractivity (Wildman–Crippen MR) is 248 cm³/mol. The molecule has 2 aliphatic rings. The average Bonchev–Trinajstić information content (AvgIpc) is 3.23. The third-order valence-electron chi connectivity index (χ3n) is 12.2. The van der Waals surface area contributed by atoms with Crippen LogP contribution in [-0.2, 0) is 75.5 Å². The Hall–Kier alpha value is -3.12. The first-order valence-corrected chi connectivity index (χ1v) is 27.3. The molecule has 17 heteroatoms. The van der Waals surface area contributed by atoms with E-state index in [1.54, 1.807) is 13.8 Å². The van der Waals surface area contributed by atoms with E-state index in [1.165, 1.54) is 99.3 Å². The van der Waals surface area contributed by atoms with E-state index in [-0.39, 0.29) is 13.2 Å². The molecule has 0 spiro atoms. The highest BCUT2D eigenvalue weighted by atomic mass is 28.4. The van der Waals surface area contributed by atoms with Crippen LogP contribution in [0.2, 0.25) is 12.1 Å². The summed E-state index contributed by atoms with van der Waals surface area (Å²) in [6.45, 7) is 14.9. The quantitative estimate of drug-likeness (QED) is 0.0261. The van der Waals surface area contributed by atoms with E-state index < -0.39 is 105 Å². The molecule has 382 valence electrons. The zero-order chi connectivity index (χ0) is 49.1. The molecule has 66 heavy (non-hydrogen) atoms. The second-order valence-electron chi connectivity index (χ2n) is 18.4.